The summed E-state index contributed by atoms with van der Waals surface area (Å²) in [5.74, 6) is 0.0879. The molecule has 3 aromatic rings. The first kappa shape index (κ1) is 27.9. The van der Waals surface area contributed by atoms with E-state index in [1.807, 2.05) is 69.6 Å². The number of aromatic nitrogens is 3. The first-order chi connectivity index (χ1) is 18.4. The fourth-order valence-electron chi connectivity index (χ4n) is 4.46. The molecular formula is C28H36N6O5. The second kappa shape index (κ2) is 11.3. The molecule has 0 bridgehead atoms. The predicted molar refractivity (Wildman–Crippen MR) is 148 cm³/mol. The molecule has 2 amide bonds. The Bertz CT molecular complexity index is 1390. The minimum absolute atomic E-state index is 0.149. The first-order valence-corrected chi connectivity index (χ1v) is 13.1. The third-order valence-corrected chi connectivity index (χ3v) is 6.20. The van der Waals surface area contributed by atoms with Crippen molar-refractivity contribution in [2.45, 2.75) is 65.6 Å². The van der Waals surface area contributed by atoms with Gasteiger partial charge in [0.05, 0.1) is 35.8 Å². The third-order valence-electron chi connectivity index (χ3n) is 6.20. The van der Waals surface area contributed by atoms with Crippen LogP contribution in [0.3, 0.4) is 0 Å². The first-order valence-electron chi connectivity index (χ1n) is 13.1. The van der Waals surface area contributed by atoms with E-state index in [4.69, 9.17) is 19.4 Å². The van der Waals surface area contributed by atoms with Gasteiger partial charge >= 0.3 is 12.1 Å². The second-order valence-corrected chi connectivity index (χ2v) is 10.7. The highest BCUT2D eigenvalue weighted by Crippen LogP contribution is 2.32. The number of carbonyl (C=O) groups is 3. The molecule has 2 aromatic heterocycles. The number of carbonyl (C=O) groups excluding carboxylic acids is 3. The van der Waals surface area contributed by atoms with Crippen molar-refractivity contribution in [2.24, 2.45) is 0 Å². The summed E-state index contributed by atoms with van der Waals surface area (Å²) in [7, 11) is 0. The lowest BCUT2D eigenvalue weighted by Crippen LogP contribution is -2.39. The lowest BCUT2D eigenvalue weighted by molar-refractivity contribution is -0.144. The molecule has 0 aliphatic carbocycles. The minimum atomic E-state index is -0.574. The predicted octanol–water partition coefficient (Wildman–Crippen LogP) is 3.97. The van der Waals surface area contributed by atoms with Crippen LogP contribution in [-0.4, -0.2) is 63.8 Å². The lowest BCUT2D eigenvalue weighted by atomic mass is 10.1. The number of fused-ring (bicyclic) bond motifs is 2. The molecule has 11 nitrogen and oxygen atoms in total. The van der Waals surface area contributed by atoms with E-state index >= 15 is 0 Å². The van der Waals surface area contributed by atoms with E-state index in [0.717, 1.165) is 11.1 Å². The number of anilines is 1. The van der Waals surface area contributed by atoms with Crippen LogP contribution in [0.4, 0.5) is 10.6 Å². The van der Waals surface area contributed by atoms with Gasteiger partial charge in [0.1, 0.15) is 17.1 Å². The molecule has 208 valence electrons. The van der Waals surface area contributed by atoms with Gasteiger partial charge in [-0.05, 0) is 53.7 Å². The smallest absolute Gasteiger partial charge is 0.407 e. The number of alkyl carbamates (subject to hydrolysis) is 1. The molecule has 11 heteroatoms. The van der Waals surface area contributed by atoms with Crippen LogP contribution in [-0.2, 0) is 14.3 Å². The Morgan fingerprint density at radius 1 is 1.26 bits per heavy atom. The monoisotopic (exact) mass is 536 g/mol. The van der Waals surface area contributed by atoms with E-state index in [2.05, 4.69) is 16.0 Å². The Morgan fingerprint density at radius 3 is 2.74 bits per heavy atom. The quantitative estimate of drug-likeness (QED) is 0.368. The SMILES string of the molecule is CCOC(=O)CC1CNC(=O)c2cc(-c3cccc4nc(C)c(NC(C)CNC(=O)OC(C)(C)C)nc34)cn21. The van der Waals surface area contributed by atoms with E-state index in [-0.39, 0.29) is 30.4 Å². The maximum Gasteiger partial charge on any atom is 0.407 e. The molecule has 1 aliphatic rings. The van der Waals surface area contributed by atoms with Gasteiger partial charge in [0.2, 0.25) is 0 Å². The van der Waals surface area contributed by atoms with E-state index in [0.29, 0.717) is 47.9 Å². The number of benzene rings is 1. The summed E-state index contributed by atoms with van der Waals surface area (Å²) in [5.41, 5.74) is 3.61. The van der Waals surface area contributed by atoms with Crippen LogP contribution in [0.2, 0.25) is 0 Å². The number of nitrogens with zero attached hydrogens (tertiary/aromatic N) is 3. The molecule has 3 heterocycles. The Kier molecular flexibility index (Phi) is 8.08. The molecule has 4 rings (SSSR count). The van der Waals surface area contributed by atoms with Gasteiger partial charge in [0.25, 0.3) is 5.91 Å². The number of ether oxygens (including phenoxy) is 2. The highest BCUT2D eigenvalue weighted by molar-refractivity contribution is 5.98. The van der Waals surface area contributed by atoms with Crippen LogP contribution in [0, 0.1) is 6.92 Å². The molecular weight excluding hydrogens is 500 g/mol. The van der Waals surface area contributed by atoms with E-state index < -0.39 is 11.7 Å². The van der Waals surface area contributed by atoms with Crippen molar-refractivity contribution in [3.63, 3.8) is 0 Å². The maximum atomic E-state index is 12.6. The van der Waals surface area contributed by atoms with E-state index in [1.165, 1.54) is 0 Å². The highest BCUT2D eigenvalue weighted by atomic mass is 16.6. The van der Waals surface area contributed by atoms with Gasteiger partial charge < -0.3 is 30.0 Å². The van der Waals surface area contributed by atoms with Gasteiger partial charge in [-0.25, -0.2) is 14.8 Å². The van der Waals surface area contributed by atoms with Gasteiger partial charge in [-0.15, -0.1) is 0 Å². The summed E-state index contributed by atoms with van der Waals surface area (Å²) in [6.45, 7) is 12.0. The summed E-state index contributed by atoms with van der Waals surface area (Å²) >= 11 is 0. The van der Waals surface area contributed by atoms with Crippen LogP contribution in [0.1, 0.15) is 63.3 Å². The highest BCUT2D eigenvalue weighted by Gasteiger charge is 2.28. The van der Waals surface area contributed by atoms with Gasteiger partial charge in [0.15, 0.2) is 0 Å². The Hall–Kier alpha value is -4.15. The lowest BCUT2D eigenvalue weighted by Gasteiger charge is -2.25. The van der Waals surface area contributed by atoms with Gasteiger partial charge in [-0.1, -0.05) is 12.1 Å². The Morgan fingerprint density at radius 2 is 2.03 bits per heavy atom. The summed E-state index contributed by atoms with van der Waals surface area (Å²) in [6, 6.07) is 7.14. The molecule has 0 radical (unpaired) electrons. The van der Waals surface area contributed by atoms with Crippen LogP contribution >= 0.6 is 0 Å². The van der Waals surface area contributed by atoms with Gasteiger partial charge in [-0.2, -0.15) is 0 Å². The largest absolute Gasteiger partial charge is 0.466 e. The zero-order valence-corrected chi connectivity index (χ0v) is 23.3. The fourth-order valence-corrected chi connectivity index (χ4v) is 4.46. The summed E-state index contributed by atoms with van der Waals surface area (Å²) in [4.78, 5) is 46.5. The van der Waals surface area contributed by atoms with Crippen LogP contribution < -0.4 is 16.0 Å². The molecule has 3 N–H and O–H groups in total. The molecule has 1 aliphatic heterocycles. The van der Waals surface area contributed by atoms with Crippen LogP contribution in [0.15, 0.2) is 30.5 Å². The van der Waals surface area contributed by atoms with Crippen molar-refractivity contribution in [2.75, 3.05) is 25.0 Å². The average Bonchev–Trinajstić information content (AvgIpc) is 3.30. The Balaban J connectivity index is 1.60. The standard InChI is InChI=1S/C28H36N6O5/c1-7-38-23(35)12-19-14-29-26(36)22-11-18(15-34(19)22)20-9-8-10-21-24(20)33-25(17(3)32-21)31-16(2)13-30-27(37)39-28(4,5)6/h8-11,15-16,19H,7,12-14H2,1-6H3,(H,29,36)(H,30,37)(H,31,33). The van der Waals surface area contributed by atoms with E-state index in [1.54, 1.807) is 6.92 Å². The molecule has 0 saturated heterocycles. The number of rotatable bonds is 8. The van der Waals surface area contributed by atoms with Crippen molar-refractivity contribution >= 4 is 34.8 Å². The summed E-state index contributed by atoms with van der Waals surface area (Å²) < 4.78 is 12.3. The molecule has 0 fully saturated rings. The fraction of sp³-hybridized carbons (Fsp3) is 0.464. The van der Waals surface area contributed by atoms with Crippen molar-refractivity contribution in [1.82, 2.24) is 25.2 Å². The number of nitrogens with one attached hydrogen (secondary N) is 3. The summed E-state index contributed by atoms with van der Waals surface area (Å²) in [6.07, 6.45) is 1.56. The number of esters is 1. The topological polar surface area (TPSA) is 136 Å². The van der Waals surface area contributed by atoms with Gasteiger partial charge in [-0.3, -0.25) is 9.59 Å². The normalized spacial score (nSPS) is 15.7. The number of amides is 2. The maximum absolute atomic E-state index is 12.6. The molecule has 39 heavy (non-hydrogen) atoms. The summed E-state index contributed by atoms with van der Waals surface area (Å²) in [5, 5.41) is 8.96. The zero-order valence-electron chi connectivity index (χ0n) is 23.3. The third kappa shape index (κ3) is 6.65. The Labute approximate surface area is 227 Å². The molecule has 2 atom stereocenters. The van der Waals surface area contributed by atoms with Crippen LogP contribution in [0.25, 0.3) is 22.2 Å². The molecule has 0 saturated carbocycles. The van der Waals surface area contributed by atoms with Crippen molar-refractivity contribution < 1.29 is 23.9 Å². The number of hydrogen-bond acceptors (Lipinski definition) is 8. The molecule has 0 spiro atoms. The van der Waals surface area contributed by atoms with Crippen molar-refractivity contribution in [3.8, 4) is 11.1 Å². The zero-order chi connectivity index (χ0) is 28.3. The van der Waals surface area contributed by atoms with Gasteiger partial charge in [0, 0.05) is 36.5 Å². The van der Waals surface area contributed by atoms with Crippen LogP contribution in [0.5, 0.6) is 0 Å². The molecule has 2 unspecified atom stereocenters. The minimum Gasteiger partial charge on any atom is -0.466 e. The van der Waals surface area contributed by atoms with Crippen molar-refractivity contribution in [1.29, 1.82) is 0 Å². The number of aryl methyl sites for hydroxylation is 1. The second-order valence-electron chi connectivity index (χ2n) is 10.7. The van der Waals surface area contributed by atoms with E-state index in [9.17, 15) is 14.4 Å². The number of para-hydroxylation sites is 1. The number of hydrogen-bond donors (Lipinski definition) is 3. The average molecular weight is 537 g/mol. The van der Waals surface area contributed by atoms with Crippen molar-refractivity contribution in [3.05, 3.63) is 41.9 Å². The molecule has 1 aromatic carbocycles.